The van der Waals surface area contributed by atoms with E-state index in [2.05, 4.69) is 0 Å². The van der Waals surface area contributed by atoms with Crippen molar-refractivity contribution in [3.63, 3.8) is 0 Å². The van der Waals surface area contributed by atoms with E-state index in [4.69, 9.17) is 0 Å². The predicted octanol–water partition coefficient (Wildman–Crippen LogP) is -2.45. The number of pyridine rings is 2. The van der Waals surface area contributed by atoms with Gasteiger partial charge in [0, 0.05) is 48.5 Å². The van der Waals surface area contributed by atoms with Crippen molar-refractivity contribution < 1.29 is 53.6 Å². The minimum Gasteiger partial charge on any atom is -1.00 e. The number of benzene rings is 2. The van der Waals surface area contributed by atoms with Crippen LogP contribution in [0.25, 0.3) is 22.5 Å². The first-order valence-electron chi connectivity index (χ1n) is 10.0. The Kier molecular flexibility index (Phi) is 9.03. The lowest BCUT2D eigenvalue weighted by Crippen LogP contribution is -3.00. The minimum absolute atomic E-state index is 0. The molecule has 38 heavy (non-hydrogen) atoms. The van der Waals surface area contributed by atoms with Crippen LogP contribution in [-0.2, 0) is 0 Å². The minimum atomic E-state index is -0.711. The van der Waals surface area contributed by atoms with Crippen LogP contribution in [0.4, 0.5) is 22.7 Å². The zero-order valence-electron chi connectivity index (χ0n) is 18.8. The highest BCUT2D eigenvalue weighted by atomic mass is 35.5. The Morgan fingerprint density at radius 2 is 0.789 bits per heavy atom. The molecule has 2 aromatic carbocycles. The van der Waals surface area contributed by atoms with Gasteiger partial charge in [0.15, 0.2) is 24.8 Å². The van der Waals surface area contributed by atoms with Gasteiger partial charge in [-0.1, -0.05) is 0 Å². The molecule has 0 spiro atoms. The summed E-state index contributed by atoms with van der Waals surface area (Å²) in [6.45, 7) is 0. The van der Waals surface area contributed by atoms with Gasteiger partial charge in [-0.25, -0.2) is 0 Å². The van der Waals surface area contributed by atoms with Crippen LogP contribution in [0.15, 0.2) is 85.5 Å². The molecule has 0 unspecified atom stereocenters. The fourth-order valence-corrected chi connectivity index (χ4v) is 3.54. The van der Waals surface area contributed by atoms with Crippen LogP contribution in [0.5, 0.6) is 0 Å². The molecule has 0 atom stereocenters. The van der Waals surface area contributed by atoms with Gasteiger partial charge in [0.2, 0.25) is 0 Å². The molecule has 194 valence electrons. The Morgan fingerprint density at radius 3 is 1.05 bits per heavy atom. The number of non-ortho nitro benzene ring substituents is 2. The molecule has 2 aromatic heterocycles. The fourth-order valence-electron chi connectivity index (χ4n) is 3.54. The first-order valence-corrected chi connectivity index (χ1v) is 10.0. The van der Waals surface area contributed by atoms with Crippen LogP contribution in [0.1, 0.15) is 0 Å². The molecule has 2 heterocycles. The summed E-state index contributed by atoms with van der Waals surface area (Å²) in [6, 6.07) is 13.4. The highest BCUT2D eigenvalue weighted by Gasteiger charge is 2.27. The molecule has 14 nitrogen and oxygen atoms in total. The third-order valence-corrected chi connectivity index (χ3v) is 5.28. The third kappa shape index (κ3) is 5.83. The highest BCUT2D eigenvalue weighted by Crippen LogP contribution is 2.26. The second-order valence-corrected chi connectivity index (χ2v) is 7.36. The van der Waals surface area contributed by atoms with Crippen LogP contribution in [0.3, 0.4) is 0 Å². The van der Waals surface area contributed by atoms with Gasteiger partial charge in [-0.3, -0.25) is 40.5 Å². The number of aromatic nitrogens is 2. The fraction of sp³-hybridized carbons (Fsp3) is 0. The smallest absolute Gasteiger partial charge is 0.347 e. The van der Waals surface area contributed by atoms with Gasteiger partial charge < -0.3 is 24.8 Å². The Bertz CT molecular complexity index is 1430. The van der Waals surface area contributed by atoms with Crippen LogP contribution in [-0.4, -0.2) is 19.7 Å². The summed E-state index contributed by atoms with van der Waals surface area (Å²) < 4.78 is 2.91. The van der Waals surface area contributed by atoms with E-state index < -0.39 is 42.4 Å². The largest absolute Gasteiger partial charge is 1.00 e. The molecule has 0 aliphatic rings. The maximum atomic E-state index is 11.4. The van der Waals surface area contributed by atoms with Crippen LogP contribution in [0, 0.1) is 40.5 Å². The van der Waals surface area contributed by atoms with Crippen molar-refractivity contribution in [2.45, 2.75) is 0 Å². The lowest BCUT2D eigenvalue weighted by Gasteiger charge is -2.02. The zero-order chi connectivity index (χ0) is 26.0. The maximum absolute atomic E-state index is 11.4. The molecule has 0 saturated carbocycles. The third-order valence-electron chi connectivity index (χ3n) is 5.28. The van der Waals surface area contributed by atoms with Gasteiger partial charge in [0.05, 0.1) is 19.7 Å². The van der Waals surface area contributed by atoms with E-state index in [-0.39, 0.29) is 36.2 Å². The topological polar surface area (TPSA) is 180 Å². The van der Waals surface area contributed by atoms with Crippen molar-refractivity contribution in [1.82, 2.24) is 0 Å². The molecule has 0 fully saturated rings. The van der Waals surface area contributed by atoms with Crippen molar-refractivity contribution in [2.75, 3.05) is 0 Å². The van der Waals surface area contributed by atoms with E-state index in [1.54, 1.807) is 49.1 Å². The molecule has 0 aliphatic carbocycles. The van der Waals surface area contributed by atoms with Crippen molar-refractivity contribution in [3.05, 3.63) is 126 Å². The van der Waals surface area contributed by atoms with E-state index in [9.17, 15) is 40.5 Å². The van der Waals surface area contributed by atoms with Gasteiger partial charge in [0.25, 0.3) is 22.7 Å². The molecule has 0 N–H and O–H groups in total. The average molecular weight is 561 g/mol. The maximum Gasteiger partial charge on any atom is 0.347 e. The highest BCUT2D eigenvalue weighted by molar-refractivity contribution is 5.62. The normalized spacial score (nSPS) is 10.0. The van der Waals surface area contributed by atoms with E-state index in [0.717, 1.165) is 23.3 Å². The SMILES string of the molecule is O=[N+]([O-])c1ccc(-[n+]2ccc(-c3cc[n+](-c4ccc([N+](=O)[O-])cc4[N+](=O)[O-])cc3)cc2)c([N+](=O)[O-])c1.[Cl-].[Cl-]. The first-order chi connectivity index (χ1) is 17.2. The van der Waals surface area contributed by atoms with E-state index in [1.165, 1.54) is 33.4 Å². The molecular weight excluding hydrogens is 547 g/mol. The number of nitro benzene ring substituents is 4. The summed E-state index contributed by atoms with van der Waals surface area (Å²) in [6.07, 6.45) is 6.24. The summed E-state index contributed by atoms with van der Waals surface area (Å²) in [4.78, 5) is 41.9. The van der Waals surface area contributed by atoms with Crippen molar-refractivity contribution in [2.24, 2.45) is 0 Å². The van der Waals surface area contributed by atoms with Crippen LogP contribution in [0.2, 0.25) is 0 Å². The van der Waals surface area contributed by atoms with Gasteiger partial charge >= 0.3 is 11.4 Å². The Morgan fingerprint density at radius 1 is 0.474 bits per heavy atom. The Labute approximate surface area is 224 Å². The number of rotatable bonds is 7. The predicted molar refractivity (Wildman–Crippen MR) is 122 cm³/mol. The molecule has 0 bridgehead atoms. The Balaban J connectivity index is 0.00000253. The number of hydrogen-bond donors (Lipinski definition) is 0. The second-order valence-electron chi connectivity index (χ2n) is 7.36. The summed E-state index contributed by atoms with van der Waals surface area (Å²) in [5.41, 5.74) is 0.103. The molecule has 0 amide bonds. The molecule has 4 aromatic rings. The standard InChI is InChI=1S/C22H14N6O8.2ClH/c29-25(30)17-1-3-19(21(13-17)27(33)34)23-9-5-15(6-10-23)16-7-11-24(12-8-16)20-4-2-18(26(31)32)14-22(20)28(35)36;;/h1-14H;2*1H/q+2;;/p-2. The van der Waals surface area contributed by atoms with Crippen molar-refractivity contribution >= 4 is 22.7 Å². The summed E-state index contributed by atoms with van der Waals surface area (Å²) in [7, 11) is 0. The average Bonchev–Trinajstić information content (AvgIpc) is 2.88. The summed E-state index contributed by atoms with van der Waals surface area (Å²) in [5, 5.41) is 44.7. The van der Waals surface area contributed by atoms with Gasteiger partial charge in [-0.2, -0.15) is 9.13 Å². The zero-order valence-corrected chi connectivity index (χ0v) is 20.3. The lowest BCUT2D eigenvalue weighted by molar-refractivity contribution is -0.601. The first kappa shape index (κ1) is 29.2. The lowest BCUT2D eigenvalue weighted by atomic mass is 10.1. The molecule has 0 saturated heterocycles. The molecule has 16 heteroatoms. The van der Waals surface area contributed by atoms with Crippen LogP contribution >= 0.6 is 0 Å². The number of hydrogen-bond acceptors (Lipinski definition) is 8. The quantitative estimate of drug-likeness (QED) is 0.135. The van der Waals surface area contributed by atoms with Crippen LogP contribution < -0.4 is 33.9 Å². The molecule has 4 rings (SSSR count). The molecule has 0 aliphatic heterocycles. The van der Waals surface area contributed by atoms with Crippen molar-refractivity contribution in [1.29, 1.82) is 0 Å². The summed E-state index contributed by atoms with van der Waals surface area (Å²) >= 11 is 0. The van der Waals surface area contributed by atoms with Gasteiger partial charge in [-0.05, 0) is 11.1 Å². The number of nitrogens with zero attached hydrogens (tertiary/aromatic N) is 6. The van der Waals surface area contributed by atoms with E-state index >= 15 is 0 Å². The Hall–Kier alpha value is -5.08. The van der Waals surface area contributed by atoms with Gasteiger partial charge in [-0.15, -0.1) is 0 Å². The summed E-state index contributed by atoms with van der Waals surface area (Å²) in [5.74, 6) is 0. The van der Waals surface area contributed by atoms with Gasteiger partial charge in [0.1, 0.15) is 12.1 Å². The molecular formula is C22H14Cl2N6O8. The van der Waals surface area contributed by atoms with E-state index in [1.807, 2.05) is 0 Å². The second kappa shape index (κ2) is 11.8. The van der Waals surface area contributed by atoms with E-state index in [0.29, 0.717) is 0 Å². The monoisotopic (exact) mass is 560 g/mol. The van der Waals surface area contributed by atoms with Crippen molar-refractivity contribution in [3.8, 4) is 22.5 Å². The molecule has 0 radical (unpaired) electrons. The number of nitro groups is 4. The number of halogens is 2.